The maximum atomic E-state index is 14.0. The standard InChI is InChI=1S/C44H66N4O12Si2/c1-7-55-61(56-8-2,57-9-3)31-21-29-45-43(51)53-33-39(35-23-15-13-16-24-35)47-41(49)37-27-19-20-28-38(37)42(50)48-40(36-25-17-14-18-26-36)34-54-44(52)46-30-22-32-62(58-10-4,59-11-5)60-12-6/h13-20,23-28,39-40H,7-12,21-22,29-34H2,1-6H3,(H,45,51)(H,46,52)(H,47,49)(H,48,50)/t39-,40-/m0/s1. The molecule has 4 N–H and O–H groups in total. The van der Waals surface area contributed by atoms with Crippen molar-refractivity contribution < 1.29 is 55.2 Å². The highest BCUT2D eigenvalue weighted by Gasteiger charge is 2.40. The van der Waals surface area contributed by atoms with E-state index in [-0.39, 0.29) is 24.3 Å². The highest BCUT2D eigenvalue weighted by Crippen LogP contribution is 2.21. The summed E-state index contributed by atoms with van der Waals surface area (Å²) in [7, 11) is -5.73. The second kappa shape index (κ2) is 28.8. The Hall–Kier alpha value is -4.67. The fourth-order valence-corrected chi connectivity index (χ4v) is 11.8. The Kier molecular flexibility index (Phi) is 24.0. The molecule has 18 heteroatoms. The average molecular weight is 899 g/mol. The molecule has 0 aliphatic carbocycles. The smallest absolute Gasteiger partial charge is 0.447 e. The predicted molar refractivity (Wildman–Crippen MR) is 239 cm³/mol. The van der Waals surface area contributed by atoms with Crippen molar-refractivity contribution in [3.63, 3.8) is 0 Å². The first kappa shape index (κ1) is 51.7. The van der Waals surface area contributed by atoms with Gasteiger partial charge >= 0.3 is 29.8 Å². The van der Waals surface area contributed by atoms with Crippen molar-refractivity contribution in [3.8, 4) is 0 Å². The first-order chi connectivity index (χ1) is 30.1. The molecule has 0 spiro atoms. The topological polar surface area (TPSA) is 190 Å². The van der Waals surface area contributed by atoms with Gasteiger partial charge in [-0.1, -0.05) is 72.8 Å². The highest BCUT2D eigenvalue weighted by atomic mass is 28.4. The van der Waals surface area contributed by atoms with E-state index in [1.54, 1.807) is 12.1 Å². The minimum Gasteiger partial charge on any atom is -0.447 e. The van der Waals surface area contributed by atoms with Gasteiger partial charge in [-0.25, -0.2) is 9.59 Å². The molecule has 3 aromatic rings. The molecular formula is C44H66N4O12Si2. The lowest BCUT2D eigenvalue weighted by atomic mass is 10.0. The van der Waals surface area contributed by atoms with E-state index >= 15 is 0 Å². The summed E-state index contributed by atoms with van der Waals surface area (Å²) in [6.07, 6.45) is -0.225. The van der Waals surface area contributed by atoms with Crippen LogP contribution in [0.15, 0.2) is 84.9 Å². The Bertz CT molecular complexity index is 1600. The highest BCUT2D eigenvalue weighted by molar-refractivity contribution is 6.61. The van der Waals surface area contributed by atoms with E-state index in [0.29, 0.717) is 88.8 Å². The minimum absolute atomic E-state index is 0.0946. The molecule has 3 rings (SSSR count). The van der Waals surface area contributed by atoms with Crippen LogP contribution in [-0.2, 0) is 36.0 Å². The number of nitrogens with one attached hydrogen (secondary N) is 4. The van der Waals surface area contributed by atoms with Crippen LogP contribution in [0.4, 0.5) is 9.59 Å². The van der Waals surface area contributed by atoms with E-state index in [2.05, 4.69) is 21.3 Å². The van der Waals surface area contributed by atoms with Crippen molar-refractivity contribution in [2.24, 2.45) is 0 Å². The van der Waals surface area contributed by atoms with Gasteiger partial charge in [0.2, 0.25) is 0 Å². The average Bonchev–Trinajstić information content (AvgIpc) is 3.28. The molecule has 3 aromatic carbocycles. The molecule has 0 heterocycles. The van der Waals surface area contributed by atoms with Crippen molar-refractivity contribution in [1.82, 2.24) is 21.3 Å². The van der Waals surface area contributed by atoms with Gasteiger partial charge in [-0.3, -0.25) is 9.59 Å². The third-order valence-corrected chi connectivity index (χ3v) is 15.5. The molecule has 0 aliphatic rings. The normalized spacial score (nSPS) is 12.5. The zero-order valence-electron chi connectivity index (χ0n) is 37.0. The molecule has 4 amide bonds. The Morgan fingerprint density at radius 2 is 0.774 bits per heavy atom. The van der Waals surface area contributed by atoms with Gasteiger partial charge in [0.05, 0.1) is 23.2 Å². The first-order valence-corrected chi connectivity index (χ1v) is 25.4. The van der Waals surface area contributed by atoms with E-state index in [0.717, 1.165) is 0 Å². The third-order valence-electron chi connectivity index (χ3n) is 9.24. The van der Waals surface area contributed by atoms with E-state index in [1.165, 1.54) is 12.1 Å². The van der Waals surface area contributed by atoms with Gasteiger partial charge in [0.15, 0.2) is 0 Å². The van der Waals surface area contributed by atoms with Crippen LogP contribution in [0.1, 0.15) is 98.3 Å². The zero-order valence-corrected chi connectivity index (χ0v) is 39.0. The molecule has 342 valence electrons. The summed E-state index contributed by atoms with van der Waals surface area (Å²) < 4.78 is 46.5. The number of hydrogen-bond donors (Lipinski definition) is 4. The van der Waals surface area contributed by atoms with Crippen LogP contribution in [0.2, 0.25) is 12.1 Å². The summed E-state index contributed by atoms with van der Waals surface area (Å²) in [5.41, 5.74) is 1.57. The number of carbonyl (C=O) groups is 4. The fourth-order valence-electron chi connectivity index (χ4n) is 6.58. The minimum atomic E-state index is -2.86. The molecule has 0 saturated carbocycles. The molecular weight excluding hydrogens is 833 g/mol. The second-order valence-corrected chi connectivity index (χ2v) is 19.1. The first-order valence-electron chi connectivity index (χ1n) is 21.5. The lowest BCUT2D eigenvalue weighted by Gasteiger charge is -2.28. The van der Waals surface area contributed by atoms with Gasteiger partial charge in [-0.05, 0) is 77.6 Å². The molecule has 16 nitrogen and oxygen atoms in total. The molecule has 0 aromatic heterocycles. The quantitative estimate of drug-likeness (QED) is 0.0398. The zero-order chi connectivity index (χ0) is 45.1. The van der Waals surface area contributed by atoms with Crippen LogP contribution in [0.3, 0.4) is 0 Å². The van der Waals surface area contributed by atoms with Crippen LogP contribution in [-0.4, -0.2) is 108 Å². The van der Waals surface area contributed by atoms with Gasteiger partial charge in [-0.15, -0.1) is 0 Å². The molecule has 62 heavy (non-hydrogen) atoms. The van der Waals surface area contributed by atoms with Gasteiger partial charge in [0.25, 0.3) is 11.8 Å². The summed E-state index contributed by atoms with van der Waals surface area (Å²) in [4.78, 5) is 53.6. The summed E-state index contributed by atoms with van der Waals surface area (Å²) in [6, 6.07) is 24.1. The largest absolute Gasteiger partial charge is 0.500 e. The van der Waals surface area contributed by atoms with E-state index in [9.17, 15) is 19.2 Å². The van der Waals surface area contributed by atoms with E-state index < -0.39 is 53.7 Å². The molecule has 0 aliphatic heterocycles. The Balaban J connectivity index is 1.65. The number of benzene rings is 3. The second-order valence-electron chi connectivity index (χ2n) is 13.6. The van der Waals surface area contributed by atoms with Gasteiger partial charge < -0.3 is 57.3 Å². The maximum absolute atomic E-state index is 14.0. The molecule has 2 atom stereocenters. The van der Waals surface area contributed by atoms with E-state index in [1.807, 2.05) is 102 Å². The van der Waals surface area contributed by atoms with Crippen molar-refractivity contribution in [2.75, 3.05) is 65.9 Å². The molecule has 0 saturated heterocycles. The maximum Gasteiger partial charge on any atom is 0.500 e. The third kappa shape index (κ3) is 17.6. The van der Waals surface area contributed by atoms with Crippen LogP contribution in [0.25, 0.3) is 0 Å². The number of alkyl carbamates (subject to hydrolysis) is 2. The summed E-state index contributed by atoms with van der Waals surface area (Å²) in [6.45, 7) is 14.3. The lowest BCUT2D eigenvalue weighted by Crippen LogP contribution is -2.46. The molecule has 0 fully saturated rings. The van der Waals surface area contributed by atoms with Crippen LogP contribution >= 0.6 is 0 Å². The van der Waals surface area contributed by atoms with Crippen LogP contribution in [0, 0.1) is 0 Å². The predicted octanol–water partition coefficient (Wildman–Crippen LogP) is 6.96. The van der Waals surface area contributed by atoms with Gasteiger partial charge in [0, 0.05) is 64.8 Å². The summed E-state index contributed by atoms with van der Waals surface area (Å²) in [5.74, 6) is -1.12. The van der Waals surface area contributed by atoms with Crippen molar-refractivity contribution in [3.05, 3.63) is 107 Å². The molecule has 0 bridgehead atoms. The number of hydrogen-bond acceptors (Lipinski definition) is 12. The fraction of sp³-hybridized carbons (Fsp3) is 0.500. The lowest BCUT2D eigenvalue weighted by molar-refractivity contribution is 0.0699. The number of amides is 4. The summed E-state index contributed by atoms with van der Waals surface area (Å²) >= 11 is 0. The number of carbonyl (C=O) groups excluding carboxylic acids is 4. The Labute approximate surface area is 368 Å². The van der Waals surface area contributed by atoms with E-state index in [4.69, 9.17) is 36.0 Å². The Morgan fingerprint density at radius 3 is 1.08 bits per heavy atom. The molecule has 0 radical (unpaired) electrons. The van der Waals surface area contributed by atoms with Crippen LogP contribution < -0.4 is 21.3 Å². The van der Waals surface area contributed by atoms with Crippen LogP contribution in [0.5, 0.6) is 0 Å². The number of ether oxygens (including phenoxy) is 2. The van der Waals surface area contributed by atoms with Gasteiger partial charge in [-0.2, -0.15) is 0 Å². The van der Waals surface area contributed by atoms with Crippen molar-refractivity contribution in [2.45, 2.75) is 78.6 Å². The van der Waals surface area contributed by atoms with Crippen molar-refractivity contribution >= 4 is 41.6 Å². The van der Waals surface area contributed by atoms with Crippen molar-refractivity contribution in [1.29, 1.82) is 0 Å². The molecule has 0 unspecified atom stereocenters. The summed E-state index contributed by atoms with van der Waals surface area (Å²) in [5, 5.41) is 11.4. The number of rotatable bonds is 30. The van der Waals surface area contributed by atoms with Gasteiger partial charge in [0.1, 0.15) is 13.2 Å². The SMILES string of the molecule is CCO[Si](CCCNC(=O)OC[C@H](NC(=O)c1ccccc1C(=O)N[C@@H](COC(=O)NCCC[Si](OCC)(OCC)OCC)c1ccccc1)c1ccccc1)(OCC)OCC. The Morgan fingerprint density at radius 1 is 0.468 bits per heavy atom. The monoisotopic (exact) mass is 898 g/mol.